The second kappa shape index (κ2) is 5.85. The lowest BCUT2D eigenvalue weighted by Crippen LogP contribution is -2.58. The third kappa shape index (κ3) is 2.52. The first-order chi connectivity index (χ1) is 14.6. The first-order valence-corrected chi connectivity index (χ1v) is 11.1. The van der Waals surface area contributed by atoms with Gasteiger partial charge in [0.25, 0.3) is 6.71 Å². The Balaban J connectivity index is 1.82. The summed E-state index contributed by atoms with van der Waals surface area (Å²) in [7, 11) is 2.25. The van der Waals surface area contributed by atoms with Gasteiger partial charge in [-0.1, -0.05) is 65.0 Å². The van der Waals surface area contributed by atoms with Crippen molar-refractivity contribution in [1.29, 1.82) is 0 Å². The molecule has 0 atom stereocenters. The predicted molar refractivity (Wildman–Crippen MR) is 133 cm³/mol. The van der Waals surface area contributed by atoms with Crippen LogP contribution in [0.2, 0.25) is 0 Å². The van der Waals surface area contributed by atoms with Gasteiger partial charge in [0.1, 0.15) is 25.2 Å². The van der Waals surface area contributed by atoms with Crippen LogP contribution in [0.4, 0.5) is 0 Å². The molecule has 0 fully saturated rings. The first kappa shape index (κ1) is 18.8. The van der Waals surface area contributed by atoms with Gasteiger partial charge in [0.05, 0.1) is 11.0 Å². The van der Waals surface area contributed by atoms with Crippen LogP contribution >= 0.6 is 0 Å². The predicted octanol–water partition coefficient (Wildman–Crippen LogP) is 3.13. The average Bonchev–Trinajstić information content (AvgIpc) is 3.11. The minimum atomic E-state index is -0.0822. The quantitative estimate of drug-likeness (QED) is 0.394. The topological polar surface area (TPSA) is 27.1 Å². The highest BCUT2D eigenvalue weighted by Crippen LogP contribution is 2.36. The zero-order valence-corrected chi connectivity index (χ0v) is 19.1. The molecule has 3 heterocycles. The Hall–Kier alpha value is -2.94. The lowest BCUT2D eigenvalue weighted by atomic mass is 9.34. The van der Waals surface area contributed by atoms with E-state index in [-0.39, 0.29) is 17.4 Å². The minimum absolute atomic E-state index is 0.0425. The van der Waals surface area contributed by atoms with E-state index in [1.165, 1.54) is 33.2 Å². The molecule has 3 nitrogen and oxygen atoms in total. The number of benzene rings is 3. The summed E-state index contributed by atoms with van der Waals surface area (Å²) >= 11 is 0. The van der Waals surface area contributed by atoms with Gasteiger partial charge in [0, 0.05) is 5.69 Å². The van der Waals surface area contributed by atoms with Crippen LogP contribution in [0.25, 0.3) is 16.7 Å². The van der Waals surface area contributed by atoms with Crippen LogP contribution < -0.4 is 21.1 Å². The Kier molecular flexibility index (Phi) is 3.55. The lowest BCUT2D eigenvalue weighted by molar-refractivity contribution is 0.487. The Labute approximate surface area is 184 Å². The molecule has 3 aromatic carbocycles. The Bertz CT molecular complexity index is 1390. The molecule has 0 spiro atoms. The van der Waals surface area contributed by atoms with E-state index in [2.05, 4.69) is 102 Å². The Morgan fingerprint density at radius 1 is 0.903 bits per heavy atom. The van der Waals surface area contributed by atoms with Gasteiger partial charge in [-0.15, -0.1) is 0 Å². The summed E-state index contributed by atoms with van der Waals surface area (Å²) in [5.41, 5.74) is 8.72. The van der Waals surface area contributed by atoms with Crippen LogP contribution in [0, 0.1) is 0 Å². The molecule has 0 bridgehead atoms. The molecule has 2 aliphatic heterocycles. The summed E-state index contributed by atoms with van der Waals surface area (Å²) < 4.78 is 8.79. The molecule has 6 rings (SSSR count). The zero-order valence-electron chi connectivity index (χ0n) is 19.1. The third-order valence-corrected chi connectivity index (χ3v) is 6.65. The summed E-state index contributed by atoms with van der Waals surface area (Å²) in [6.45, 7) is 11.5. The van der Waals surface area contributed by atoms with Crippen LogP contribution in [0.15, 0.2) is 54.6 Å². The van der Waals surface area contributed by atoms with Gasteiger partial charge in [-0.3, -0.25) is 4.57 Å². The molecule has 5 heteroatoms. The molecule has 31 heavy (non-hydrogen) atoms. The Morgan fingerprint density at radius 3 is 2.39 bits per heavy atom. The molecule has 0 aliphatic carbocycles. The SMILES string of the molecule is BC(C)(C)c1nc2cc(C(C)(C)C)cc3c2n1-c1cccc2c1B3c1ccccc1O2. The fraction of sp³-hybridized carbons (Fsp3) is 0.269. The van der Waals surface area contributed by atoms with Gasteiger partial charge in [-0.05, 0) is 56.9 Å². The number of imidazole rings is 1. The zero-order chi connectivity index (χ0) is 21.7. The highest BCUT2D eigenvalue weighted by molar-refractivity contribution is 6.99. The van der Waals surface area contributed by atoms with Gasteiger partial charge in [0.2, 0.25) is 0 Å². The van der Waals surface area contributed by atoms with Gasteiger partial charge in [-0.2, -0.15) is 0 Å². The molecular weight excluding hydrogens is 378 g/mol. The summed E-state index contributed by atoms with van der Waals surface area (Å²) in [5.74, 6) is 3.01. The smallest absolute Gasteiger partial charge is 0.256 e. The molecule has 0 amide bonds. The van der Waals surface area contributed by atoms with Crippen LogP contribution in [0.5, 0.6) is 11.5 Å². The molecule has 152 valence electrons. The van der Waals surface area contributed by atoms with E-state index in [0.29, 0.717) is 0 Å². The normalized spacial score (nSPS) is 14.3. The van der Waals surface area contributed by atoms with Crippen molar-refractivity contribution in [2.24, 2.45) is 0 Å². The number of aromatic nitrogens is 2. The van der Waals surface area contributed by atoms with Crippen molar-refractivity contribution < 1.29 is 4.74 Å². The van der Waals surface area contributed by atoms with Gasteiger partial charge in [-0.25, -0.2) is 4.98 Å². The molecule has 0 radical (unpaired) electrons. The Morgan fingerprint density at radius 2 is 1.65 bits per heavy atom. The summed E-state index contributed by atoms with van der Waals surface area (Å²) in [6, 6.07) is 19.6. The molecule has 0 saturated heterocycles. The van der Waals surface area contributed by atoms with Crippen LogP contribution in [0.1, 0.15) is 46.0 Å². The fourth-order valence-electron chi connectivity index (χ4n) is 5.15. The standard InChI is InChI=1S/C26H26B2N2O/c1-25(2,3)15-13-17-23-18(14-15)29-24(26(4,5)27)30(23)19-10-8-12-21-22(19)28(17)16-9-6-7-11-20(16)31-21/h6-14H,27H2,1-5H3. The third-order valence-electron chi connectivity index (χ3n) is 6.65. The van der Waals surface area contributed by atoms with E-state index >= 15 is 0 Å². The number of para-hydroxylation sites is 1. The van der Waals surface area contributed by atoms with Crippen molar-refractivity contribution in [2.75, 3.05) is 0 Å². The number of nitrogens with zero attached hydrogens (tertiary/aromatic N) is 2. The molecule has 1 aromatic heterocycles. The van der Waals surface area contributed by atoms with E-state index < -0.39 is 0 Å². The molecule has 2 aliphatic rings. The van der Waals surface area contributed by atoms with Crippen LogP contribution in [-0.2, 0) is 10.7 Å². The van der Waals surface area contributed by atoms with Crippen molar-refractivity contribution in [2.45, 2.75) is 45.3 Å². The van der Waals surface area contributed by atoms with Crippen LogP contribution in [0.3, 0.4) is 0 Å². The fourth-order valence-corrected chi connectivity index (χ4v) is 5.15. The molecule has 0 unspecified atom stereocenters. The number of rotatable bonds is 1. The maximum absolute atomic E-state index is 6.40. The minimum Gasteiger partial charge on any atom is -0.458 e. The van der Waals surface area contributed by atoms with Crippen molar-refractivity contribution >= 4 is 42.0 Å². The highest BCUT2D eigenvalue weighted by Gasteiger charge is 2.42. The van der Waals surface area contributed by atoms with E-state index in [1.54, 1.807) is 0 Å². The molecule has 0 N–H and O–H groups in total. The van der Waals surface area contributed by atoms with Crippen molar-refractivity contribution in [3.63, 3.8) is 0 Å². The largest absolute Gasteiger partial charge is 0.458 e. The van der Waals surface area contributed by atoms with Crippen molar-refractivity contribution in [1.82, 2.24) is 9.55 Å². The first-order valence-electron chi connectivity index (χ1n) is 11.1. The molecular formula is C26H26B2N2O. The number of hydrogen-bond acceptors (Lipinski definition) is 2. The van der Waals surface area contributed by atoms with E-state index in [4.69, 9.17) is 9.72 Å². The maximum atomic E-state index is 6.40. The van der Waals surface area contributed by atoms with Gasteiger partial charge >= 0.3 is 0 Å². The average molecular weight is 404 g/mol. The van der Waals surface area contributed by atoms with E-state index in [0.717, 1.165) is 22.8 Å². The molecule has 4 aromatic rings. The van der Waals surface area contributed by atoms with Crippen LogP contribution in [-0.4, -0.2) is 24.1 Å². The monoisotopic (exact) mass is 404 g/mol. The number of ether oxygens (including phenoxy) is 1. The molecule has 0 saturated carbocycles. The number of hydrogen-bond donors (Lipinski definition) is 0. The van der Waals surface area contributed by atoms with Gasteiger partial charge < -0.3 is 4.74 Å². The van der Waals surface area contributed by atoms with E-state index in [1.807, 2.05) is 0 Å². The van der Waals surface area contributed by atoms with E-state index in [9.17, 15) is 0 Å². The maximum Gasteiger partial charge on any atom is 0.256 e. The number of fused-ring (bicyclic) bond motifs is 4. The van der Waals surface area contributed by atoms with Gasteiger partial charge in [0.15, 0.2) is 0 Å². The highest BCUT2D eigenvalue weighted by atomic mass is 16.5. The lowest BCUT2D eigenvalue weighted by Gasteiger charge is -2.34. The second-order valence-corrected chi connectivity index (χ2v) is 11.0. The summed E-state index contributed by atoms with van der Waals surface area (Å²) in [6.07, 6.45) is 0. The van der Waals surface area contributed by atoms with Crippen molar-refractivity contribution in [3.8, 4) is 17.2 Å². The second-order valence-electron chi connectivity index (χ2n) is 11.0. The summed E-state index contributed by atoms with van der Waals surface area (Å²) in [4.78, 5) is 5.23. The van der Waals surface area contributed by atoms with Crippen molar-refractivity contribution in [3.05, 3.63) is 66.0 Å². The summed E-state index contributed by atoms with van der Waals surface area (Å²) in [5, 5.41) is -0.0822.